The lowest BCUT2D eigenvalue weighted by atomic mass is 9.92. The van der Waals surface area contributed by atoms with E-state index < -0.39 is 25.4 Å². The van der Waals surface area contributed by atoms with Crippen molar-refractivity contribution in [2.75, 3.05) is 74.4 Å². The predicted molar refractivity (Wildman–Crippen MR) is 213 cm³/mol. The van der Waals surface area contributed by atoms with Gasteiger partial charge in [-0.1, -0.05) is 24.3 Å². The monoisotopic (exact) mass is 813 g/mol. The highest BCUT2D eigenvalue weighted by Gasteiger charge is 2.54. The molecule has 312 valence electrons. The molecule has 0 saturated carbocycles. The number of carbonyl (C=O) groups excluding carboxylic acids is 3. The first kappa shape index (κ1) is 45.3. The topological polar surface area (TPSA) is 225 Å². The normalized spacial score (nSPS) is 21.8. The van der Waals surface area contributed by atoms with Crippen LogP contribution in [0.4, 0.5) is 0 Å². The minimum absolute atomic E-state index is 0.0209. The quantitative estimate of drug-likeness (QED) is 0.0906. The maximum Gasteiger partial charge on any atom is 0.386 e. The van der Waals surface area contributed by atoms with Gasteiger partial charge in [0.25, 0.3) is 0 Å². The predicted octanol–water partition coefficient (Wildman–Crippen LogP) is 2.83. The molecule has 17 heteroatoms. The largest absolute Gasteiger partial charge is 0.508 e. The fraction of sp³-hybridized carbons (Fsp3) is 0.475. The summed E-state index contributed by atoms with van der Waals surface area (Å²) in [6.45, 7) is 4.09. The number of ketones is 1. The number of hydrogen-bond donors (Lipinski definition) is 5. The van der Waals surface area contributed by atoms with Crippen molar-refractivity contribution in [1.29, 1.82) is 0 Å². The molecule has 16 nitrogen and oxygen atoms in total. The number of phenolic OH excluding ortho intramolecular Hbond substituents is 1. The third-order valence-corrected chi connectivity index (χ3v) is 12.9. The van der Waals surface area contributed by atoms with Gasteiger partial charge < -0.3 is 50.5 Å². The number of nitrogens with two attached hydrogens (primary N) is 2. The van der Waals surface area contributed by atoms with Crippen LogP contribution in [0, 0.1) is 0 Å². The molecular weight excluding hydrogens is 757 g/mol. The van der Waals surface area contributed by atoms with Crippen molar-refractivity contribution >= 4 is 25.4 Å². The molecule has 2 fully saturated rings. The van der Waals surface area contributed by atoms with E-state index in [1.807, 2.05) is 39.7 Å². The maximum absolute atomic E-state index is 13.3. The van der Waals surface area contributed by atoms with E-state index in [1.54, 1.807) is 26.4 Å². The van der Waals surface area contributed by atoms with Gasteiger partial charge in [0, 0.05) is 25.2 Å². The molecule has 4 aliphatic heterocycles. The van der Waals surface area contributed by atoms with Gasteiger partial charge in [-0.15, -0.1) is 0 Å². The fourth-order valence-corrected chi connectivity index (χ4v) is 10.0. The molecule has 7 N–H and O–H groups in total. The second kappa shape index (κ2) is 22.0. The molecule has 0 bridgehead atoms. The summed E-state index contributed by atoms with van der Waals surface area (Å²) in [6, 6.07) is 20.1. The Morgan fingerprint density at radius 2 is 1.54 bits per heavy atom. The van der Waals surface area contributed by atoms with Gasteiger partial charge in [0.05, 0.1) is 47.7 Å². The van der Waals surface area contributed by atoms with Crippen molar-refractivity contribution in [3.05, 3.63) is 88.5 Å². The average Bonchev–Trinajstić information content (AvgIpc) is 3.59. The Kier molecular flexibility index (Phi) is 17.5. The lowest BCUT2D eigenvalue weighted by Crippen LogP contribution is -2.45. The Bertz CT molecular complexity index is 1850. The van der Waals surface area contributed by atoms with Crippen LogP contribution in [0.25, 0.3) is 0 Å². The summed E-state index contributed by atoms with van der Waals surface area (Å²) in [4.78, 5) is 30.8. The molecule has 2 saturated heterocycles. The number of carbonyl (C=O) groups is 3. The molecule has 4 heterocycles. The van der Waals surface area contributed by atoms with Crippen LogP contribution >= 0.6 is 7.67 Å². The summed E-state index contributed by atoms with van der Waals surface area (Å²) in [6.07, 6.45) is 4.61. The number of hydrogen-bond acceptors (Lipinski definition) is 14. The molecule has 0 spiro atoms. The van der Waals surface area contributed by atoms with Crippen LogP contribution in [-0.2, 0) is 52.2 Å². The molecule has 0 radical (unpaired) electrons. The van der Waals surface area contributed by atoms with Crippen molar-refractivity contribution in [2.24, 2.45) is 11.5 Å². The van der Waals surface area contributed by atoms with Crippen LogP contribution in [0.2, 0.25) is 0 Å². The number of methoxy groups -OCH3 is 4. The Labute approximate surface area is 333 Å². The minimum Gasteiger partial charge on any atom is -0.508 e. The van der Waals surface area contributed by atoms with Gasteiger partial charge in [-0.3, -0.25) is 9.36 Å². The van der Waals surface area contributed by atoms with Crippen molar-refractivity contribution < 1.29 is 52.6 Å². The molecule has 0 aliphatic carbocycles. The molecule has 7 rings (SSSR count). The van der Waals surface area contributed by atoms with Gasteiger partial charge >= 0.3 is 25.4 Å². The smallest absolute Gasteiger partial charge is 0.386 e. The van der Waals surface area contributed by atoms with Crippen molar-refractivity contribution in [3.63, 3.8) is 0 Å². The molecule has 4 unspecified atom stereocenters. The number of nitrogens with one attached hydrogen (secondary N) is 1. The van der Waals surface area contributed by atoms with Crippen LogP contribution in [0.15, 0.2) is 60.7 Å². The molecular formula is C40H56N5O11P. The molecule has 4 atom stereocenters. The zero-order chi connectivity index (χ0) is 41.5. The highest BCUT2D eigenvalue weighted by atomic mass is 31.2. The second-order valence-corrected chi connectivity index (χ2v) is 15.8. The summed E-state index contributed by atoms with van der Waals surface area (Å²) in [5, 5.41) is 22.5. The third-order valence-electron chi connectivity index (χ3n) is 10.1. The van der Waals surface area contributed by atoms with E-state index in [4.69, 9.17) is 25.5 Å². The van der Waals surface area contributed by atoms with E-state index in [0.29, 0.717) is 32.3 Å². The van der Waals surface area contributed by atoms with E-state index in [1.165, 1.54) is 16.7 Å². The zero-order valence-corrected chi connectivity index (χ0v) is 34.0. The van der Waals surface area contributed by atoms with E-state index >= 15 is 0 Å². The highest BCUT2D eigenvalue weighted by molar-refractivity contribution is 7.54. The Morgan fingerprint density at radius 1 is 0.860 bits per heavy atom. The summed E-state index contributed by atoms with van der Waals surface area (Å²) in [5.74, 6) is -1.61. The van der Waals surface area contributed by atoms with Crippen LogP contribution in [-0.4, -0.2) is 118 Å². The Balaban J connectivity index is 0.000000177. The van der Waals surface area contributed by atoms with Crippen LogP contribution in [0.1, 0.15) is 52.7 Å². The number of aliphatic hydroxyl groups is 1. The van der Waals surface area contributed by atoms with Crippen molar-refractivity contribution in [3.8, 4) is 17.2 Å². The number of nitrogens with zero attached hydrogens (tertiary/aromatic N) is 2. The lowest BCUT2D eigenvalue weighted by molar-refractivity contribution is -0.162. The summed E-state index contributed by atoms with van der Waals surface area (Å²) >= 11 is 0. The molecule has 0 aromatic heterocycles. The highest BCUT2D eigenvalue weighted by Crippen LogP contribution is 2.66. The number of phenols is 1. The van der Waals surface area contributed by atoms with Crippen LogP contribution < -0.4 is 26.3 Å². The Hall–Kier alpha value is -4.38. The first-order valence-corrected chi connectivity index (χ1v) is 20.4. The molecule has 3 aromatic carbocycles. The minimum atomic E-state index is -3.00. The number of esters is 2. The van der Waals surface area contributed by atoms with Gasteiger partial charge in [0.2, 0.25) is 0 Å². The SMILES string of the molecule is COC(=O)C(=O)C(=O)OC.COc1ccc2c(c1)CCNC2CCN.COc1cccc(CCN)c1.O=P12OCC(CO)N1CCC1c3ccc(O)cc3CCN12. The van der Waals surface area contributed by atoms with E-state index in [2.05, 4.69) is 33.0 Å². The zero-order valence-electron chi connectivity index (χ0n) is 33.1. The average molecular weight is 814 g/mol. The number of benzene rings is 3. The molecule has 57 heavy (non-hydrogen) atoms. The van der Waals surface area contributed by atoms with Gasteiger partial charge in [-0.25, -0.2) is 18.9 Å². The first-order valence-electron chi connectivity index (χ1n) is 18.8. The third kappa shape index (κ3) is 11.4. The Morgan fingerprint density at radius 3 is 2.19 bits per heavy atom. The number of ether oxygens (including phenoxy) is 4. The van der Waals surface area contributed by atoms with Gasteiger partial charge in [-0.2, -0.15) is 0 Å². The van der Waals surface area contributed by atoms with Crippen molar-refractivity contribution in [2.45, 2.75) is 50.2 Å². The number of rotatable bonds is 9. The number of aliphatic hydroxyl groups excluding tert-OH is 1. The fourth-order valence-electron chi connectivity index (χ4n) is 7.22. The van der Waals surface area contributed by atoms with E-state index in [0.717, 1.165) is 82.0 Å². The van der Waals surface area contributed by atoms with Gasteiger partial charge in [0.15, 0.2) is 0 Å². The molecule has 3 aromatic rings. The number of aromatic hydroxyl groups is 1. The maximum atomic E-state index is 13.3. The molecule has 4 aliphatic rings. The lowest BCUT2D eigenvalue weighted by Gasteiger charge is -2.46. The van der Waals surface area contributed by atoms with Gasteiger partial charge in [0.1, 0.15) is 17.2 Å². The summed E-state index contributed by atoms with van der Waals surface area (Å²) in [5.41, 5.74) is 17.3. The van der Waals surface area contributed by atoms with Crippen LogP contribution in [0.5, 0.6) is 17.2 Å². The number of fused-ring (bicyclic) bond motifs is 6. The van der Waals surface area contributed by atoms with E-state index in [9.17, 15) is 29.2 Å². The first-order chi connectivity index (χ1) is 27.5. The van der Waals surface area contributed by atoms with E-state index in [-0.39, 0.29) is 24.4 Å². The van der Waals surface area contributed by atoms with Gasteiger partial charge in [-0.05, 0) is 116 Å². The molecule has 0 amide bonds. The second-order valence-electron chi connectivity index (χ2n) is 13.5. The summed E-state index contributed by atoms with van der Waals surface area (Å²) < 4.78 is 40.9. The number of Topliss-reactive ketones (excluding diaryl/α,β-unsaturated/α-hetero) is 1. The summed E-state index contributed by atoms with van der Waals surface area (Å²) in [7, 11) is 2.38. The van der Waals surface area contributed by atoms with Crippen molar-refractivity contribution in [1.82, 2.24) is 14.7 Å². The standard InChI is InChI=1S/C14H19N2O4P.C12H18N2O.C9H13NO.C5H6O5/c17-8-11-9-20-21(19)15(11)6-4-14-13-2-1-12(18)7-10(13)3-5-16(14)21;1-15-10-2-3-11-9(8-10)5-7-14-12(11)4-6-13;1-11-9-4-2-3-8(7-9)5-6-10;1-9-4(7)3(6)5(8)10-2/h1-2,7,11,14,17-18H,3-6,8-9H2;2-3,8,12,14H,4-7,13H2,1H3;2-4,7H,5-6,10H2,1H3;1-2H3. The van der Waals surface area contributed by atoms with Crippen LogP contribution in [0.3, 0.4) is 0 Å².